The molecular weight excluding hydrogens is 449 g/mol. The lowest BCUT2D eigenvalue weighted by Crippen LogP contribution is -2.46. The Bertz CT molecular complexity index is 1260. The van der Waals surface area contributed by atoms with E-state index in [1.807, 2.05) is 0 Å². The van der Waals surface area contributed by atoms with Gasteiger partial charge < -0.3 is 0 Å². The Kier molecular flexibility index (Phi) is 5.20. The molecule has 1 saturated heterocycles. The van der Waals surface area contributed by atoms with Crippen molar-refractivity contribution in [1.29, 1.82) is 0 Å². The summed E-state index contributed by atoms with van der Waals surface area (Å²) in [6.45, 7) is 0. The van der Waals surface area contributed by atoms with Crippen molar-refractivity contribution in [3.8, 4) is 0 Å². The topological polar surface area (TPSA) is 135 Å². The molecule has 1 aliphatic carbocycles. The quantitative estimate of drug-likeness (QED) is 0.629. The Morgan fingerprint density at radius 2 is 1.45 bits per heavy atom. The predicted octanol–water partition coefficient (Wildman–Crippen LogP) is 0.958. The van der Waals surface area contributed by atoms with Crippen molar-refractivity contribution in [3.05, 3.63) is 54.3 Å². The van der Waals surface area contributed by atoms with Crippen molar-refractivity contribution >= 4 is 37.5 Å². The lowest BCUT2D eigenvalue weighted by Gasteiger charge is -2.26. The van der Waals surface area contributed by atoms with E-state index in [1.54, 1.807) is 0 Å². The van der Waals surface area contributed by atoms with Crippen LogP contribution >= 0.6 is 0 Å². The van der Waals surface area contributed by atoms with E-state index in [0.29, 0.717) is 12.8 Å². The van der Waals surface area contributed by atoms with Crippen LogP contribution in [0.3, 0.4) is 0 Å². The SMILES string of the molecule is NS(=O)(=O)c1ccc(N2C(=O)CC(N(C3CC3)S(=O)(=O)c3ccc(F)cc3)C2=O)cc1. The number of hydrogen-bond donors (Lipinski definition) is 1. The van der Waals surface area contributed by atoms with Crippen molar-refractivity contribution < 1.29 is 30.8 Å². The number of rotatable bonds is 6. The van der Waals surface area contributed by atoms with Gasteiger partial charge in [-0.15, -0.1) is 0 Å². The predicted molar refractivity (Wildman–Crippen MR) is 107 cm³/mol. The minimum atomic E-state index is -4.15. The minimum absolute atomic E-state index is 0.111. The first-order chi connectivity index (χ1) is 14.5. The molecule has 1 saturated carbocycles. The van der Waals surface area contributed by atoms with E-state index < -0.39 is 49.8 Å². The molecule has 4 rings (SSSR count). The number of carbonyl (C=O) groups excluding carboxylic acids is 2. The molecule has 1 atom stereocenters. The molecule has 0 radical (unpaired) electrons. The molecule has 0 bridgehead atoms. The molecule has 1 unspecified atom stereocenters. The van der Waals surface area contributed by atoms with Gasteiger partial charge in [0.2, 0.25) is 26.0 Å². The summed E-state index contributed by atoms with van der Waals surface area (Å²) in [6, 6.07) is 7.42. The lowest BCUT2D eigenvalue weighted by atomic mass is 10.2. The second-order valence-corrected chi connectivity index (χ2v) is 10.8. The van der Waals surface area contributed by atoms with Crippen molar-refractivity contribution in [1.82, 2.24) is 4.31 Å². The van der Waals surface area contributed by atoms with Crippen LogP contribution in [0.25, 0.3) is 0 Å². The summed E-state index contributed by atoms with van der Waals surface area (Å²) in [5.41, 5.74) is 0.111. The van der Waals surface area contributed by atoms with E-state index in [2.05, 4.69) is 0 Å². The Hall–Kier alpha value is -2.67. The Morgan fingerprint density at radius 3 is 1.97 bits per heavy atom. The van der Waals surface area contributed by atoms with Gasteiger partial charge in [-0.25, -0.2) is 31.3 Å². The number of nitrogens with zero attached hydrogens (tertiary/aromatic N) is 2. The van der Waals surface area contributed by atoms with Gasteiger partial charge in [0.1, 0.15) is 11.9 Å². The zero-order chi connectivity index (χ0) is 22.6. The van der Waals surface area contributed by atoms with Crippen molar-refractivity contribution in [2.75, 3.05) is 4.90 Å². The van der Waals surface area contributed by atoms with Gasteiger partial charge in [-0.3, -0.25) is 9.59 Å². The Balaban J connectivity index is 1.67. The fourth-order valence-corrected chi connectivity index (χ4v) is 5.89. The molecule has 0 spiro atoms. The lowest BCUT2D eigenvalue weighted by molar-refractivity contribution is -0.122. The van der Waals surface area contributed by atoms with Gasteiger partial charge in [0.25, 0.3) is 5.91 Å². The number of nitrogens with two attached hydrogens (primary N) is 1. The summed E-state index contributed by atoms with van der Waals surface area (Å²) < 4.78 is 63.5. The summed E-state index contributed by atoms with van der Waals surface area (Å²) in [4.78, 5) is 26.2. The van der Waals surface area contributed by atoms with Crippen LogP contribution in [-0.4, -0.2) is 45.0 Å². The van der Waals surface area contributed by atoms with Crippen molar-refractivity contribution in [3.63, 3.8) is 0 Å². The number of amides is 2. The summed E-state index contributed by atoms with van der Waals surface area (Å²) in [5, 5.41) is 5.06. The van der Waals surface area contributed by atoms with Gasteiger partial charge >= 0.3 is 0 Å². The van der Waals surface area contributed by atoms with Crippen LogP contribution in [0.5, 0.6) is 0 Å². The zero-order valence-electron chi connectivity index (χ0n) is 16.0. The number of halogens is 1. The van der Waals surface area contributed by atoms with E-state index in [9.17, 15) is 30.8 Å². The highest BCUT2D eigenvalue weighted by molar-refractivity contribution is 7.89. The maximum atomic E-state index is 13.2. The molecule has 164 valence electrons. The van der Waals surface area contributed by atoms with Crippen LogP contribution in [0.15, 0.2) is 58.3 Å². The smallest absolute Gasteiger partial charge is 0.252 e. The molecular formula is C19H18FN3O6S2. The molecule has 2 fully saturated rings. The maximum absolute atomic E-state index is 13.2. The fourth-order valence-electron chi connectivity index (χ4n) is 3.55. The largest absolute Gasteiger partial charge is 0.274 e. The van der Waals surface area contributed by atoms with E-state index in [1.165, 1.54) is 12.1 Å². The molecule has 1 heterocycles. The van der Waals surface area contributed by atoms with E-state index in [4.69, 9.17) is 5.14 Å². The maximum Gasteiger partial charge on any atom is 0.252 e. The molecule has 31 heavy (non-hydrogen) atoms. The molecule has 1 aliphatic heterocycles. The summed E-state index contributed by atoms with van der Waals surface area (Å²) in [5.74, 6) is -1.94. The van der Waals surface area contributed by atoms with Crippen LogP contribution in [0, 0.1) is 5.82 Å². The number of benzene rings is 2. The molecule has 2 aromatic carbocycles. The first kappa shape index (κ1) is 21.6. The second-order valence-electron chi connectivity index (χ2n) is 7.35. The summed E-state index contributed by atoms with van der Waals surface area (Å²) in [6.07, 6.45) is 0.732. The van der Waals surface area contributed by atoms with Gasteiger partial charge in [-0.2, -0.15) is 4.31 Å². The molecule has 0 aromatic heterocycles. The van der Waals surface area contributed by atoms with Crippen LogP contribution in [-0.2, 0) is 29.6 Å². The van der Waals surface area contributed by atoms with Crippen LogP contribution in [0.4, 0.5) is 10.1 Å². The summed E-state index contributed by atoms with van der Waals surface area (Å²) >= 11 is 0. The molecule has 2 aliphatic rings. The highest BCUT2D eigenvalue weighted by Crippen LogP contribution is 2.38. The van der Waals surface area contributed by atoms with Crippen LogP contribution in [0.1, 0.15) is 19.3 Å². The van der Waals surface area contributed by atoms with Crippen LogP contribution < -0.4 is 10.0 Å². The number of anilines is 1. The highest BCUT2D eigenvalue weighted by atomic mass is 32.2. The van der Waals surface area contributed by atoms with Gasteiger partial charge in [0, 0.05) is 6.04 Å². The molecule has 2 amide bonds. The normalized spacial score (nSPS) is 20.0. The average Bonchev–Trinajstić information content (AvgIpc) is 3.47. The molecule has 2 aromatic rings. The van der Waals surface area contributed by atoms with Crippen molar-refractivity contribution in [2.45, 2.75) is 41.1 Å². The monoisotopic (exact) mass is 467 g/mol. The number of sulfonamides is 2. The molecule has 12 heteroatoms. The Morgan fingerprint density at radius 1 is 0.903 bits per heavy atom. The summed E-state index contributed by atoms with van der Waals surface area (Å²) in [7, 11) is -8.11. The fraction of sp³-hybridized carbons (Fsp3) is 0.263. The zero-order valence-corrected chi connectivity index (χ0v) is 17.6. The highest BCUT2D eigenvalue weighted by Gasteiger charge is 2.51. The van der Waals surface area contributed by atoms with Gasteiger partial charge in [-0.05, 0) is 61.4 Å². The van der Waals surface area contributed by atoms with Gasteiger partial charge in [0.15, 0.2) is 0 Å². The molecule has 2 N–H and O–H groups in total. The van der Waals surface area contributed by atoms with Crippen molar-refractivity contribution in [2.24, 2.45) is 5.14 Å². The standard InChI is InChI=1S/C19H18FN3O6S2/c20-12-1-7-16(8-2-12)31(28,29)23(14-3-4-14)17-11-18(24)22(19(17)25)13-5-9-15(10-6-13)30(21,26)27/h1-2,5-10,14,17H,3-4,11H2,(H2,21,26,27). The molecule has 9 nitrogen and oxygen atoms in total. The first-order valence-electron chi connectivity index (χ1n) is 9.29. The third-order valence-corrected chi connectivity index (χ3v) is 8.05. The first-order valence-corrected chi connectivity index (χ1v) is 12.3. The van der Waals surface area contributed by atoms with Crippen LogP contribution in [0.2, 0.25) is 0 Å². The Labute approximate surface area is 178 Å². The third kappa shape index (κ3) is 3.99. The van der Waals surface area contributed by atoms with E-state index >= 15 is 0 Å². The van der Waals surface area contributed by atoms with Gasteiger partial charge in [0.05, 0.1) is 21.9 Å². The van der Waals surface area contributed by atoms with Gasteiger partial charge in [-0.1, -0.05) is 0 Å². The number of primary sulfonamides is 1. The minimum Gasteiger partial charge on any atom is -0.274 e. The number of carbonyl (C=O) groups is 2. The average molecular weight is 468 g/mol. The van der Waals surface area contributed by atoms with E-state index in [-0.39, 0.29) is 21.9 Å². The third-order valence-electron chi connectivity index (χ3n) is 5.15. The number of hydrogen-bond acceptors (Lipinski definition) is 6. The van der Waals surface area contributed by atoms with E-state index in [0.717, 1.165) is 45.6 Å². The number of imide groups is 1. The second kappa shape index (κ2) is 7.48.